The lowest BCUT2D eigenvalue weighted by molar-refractivity contribution is 0.570. The van der Waals surface area contributed by atoms with E-state index in [0.29, 0.717) is 0 Å². The number of rotatable bonds is 6. The lowest BCUT2D eigenvalue weighted by Crippen LogP contribution is -2.18. The maximum absolute atomic E-state index is 13.9. The van der Waals surface area contributed by atoms with Gasteiger partial charge in [0.25, 0.3) is 20.0 Å². The molecule has 12 heteroatoms. The van der Waals surface area contributed by atoms with E-state index < -0.39 is 30.8 Å². The zero-order valence-corrected chi connectivity index (χ0v) is 17.6. The van der Waals surface area contributed by atoms with Crippen LogP contribution in [0.3, 0.4) is 0 Å². The van der Waals surface area contributed by atoms with Gasteiger partial charge in [0, 0.05) is 0 Å². The smallest absolute Gasteiger partial charge is 0.271 e. The Hall–Kier alpha value is -1.85. The third kappa shape index (κ3) is 4.41. The van der Waals surface area contributed by atoms with Crippen LogP contribution in [0.1, 0.15) is 0 Å². The molecular weight excluding hydrogens is 470 g/mol. The van der Waals surface area contributed by atoms with Gasteiger partial charge in [-0.1, -0.05) is 41.4 Å². The van der Waals surface area contributed by atoms with Crippen molar-refractivity contribution in [3.8, 4) is 0 Å². The first-order valence-electron chi connectivity index (χ1n) is 7.43. The van der Waals surface area contributed by atoms with Crippen molar-refractivity contribution in [3.63, 3.8) is 0 Å². The second-order valence-corrected chi connectivity index (χ2v) is 10.7. The molecule has 3 rings (SSSR count). The van der Waals surface area contributed by atoms with Crippen LogP contribution in [-0.4, -0.2) is 16.8 Å². The molecule has 1 heterocycles. The molecule has 0 aliphatic heterocycles. The van der Waals surface area contributed by atoms with Gasteiger partial charge in [0.15, 0.2) is 0 Å². The second kappa shape index (κ2) is 7.88. The van der Waals surface area contributed by atoms with E-state index in [-0.39, 0.29) is 25.6 Å². The van der Waals surface area contributed by atoms with E-state index in [0.717, 1.165) is 35.6 Å². The zero-order valence-electron chi connectivity index (χ0n) is 13.7. The lowest BCUT2D eigenvalue weighted by atomic mass is 10.3. The van der Waals surface area contributed by atoms with Crippen molar-refractivity contribution < 1.29 is 21.2 Å². The second-order valence-electron chi connectivity index (χ2n) is 5.39. The Labute approximate surface area is 175 Å². The van der Waals surface area contributed by atoms with Gasteiger partial charge >= 0.3 is 0 Å². The Bertz CT molecular complexity index is 1230. The highest BCUT2D eigenvalue weighted by Crippen LogP contribution is 2.35. The molecule has 0 amide bonds. The predicted octanol–water partition coefficient (Wildman–Crippen LogP) is 4.80. The van der Waals surface area contributed by atoms with Crippen LogP contribution in [0.25, 0.3) is 0 Å². The number of hydrogen-bond acceptors (Lipinski definition) is 5. The maximum Gasteiger partial charge on any atom is 0.271 e. The molecule has 0 radical (unpaired) electrons. The largest absolute Gasteiger partial charge is 0.277 e. The van der Waals surface area contributed by atoms with Gasteiger partial charge < -0.3 is 0 Å². The summed E-state index contributed by atoms with van der Waals surface area (Å²) in [7, 11) is -8.36. The van der Waals surface area contributed by atoms with Crippen molar-refractivity contribution in [2.24, 2.45) is 0 Å². The van der Waals surface area contributed by atoms with Crippen molar-refractivity contribution in [2.45, 2.75) is 9.10 Å². The number of thiophene rings is 1. The van der Waals surface area contributed by atoms with Crippen LogP contribution in [-0.2, 0) is 20.0 Å². The van der Waals surface area contributed by atoms with Crippen LogP contribution in [0.4, 0.5) is 15.8 Å². The number of nitrogens with one attached hydrogen (secondary N) is 2. The molecule has 28 heavy (non-hydrogen) atoms. The van der Waals surface area contributed by atoms with Gasteiger partial charge in [0.1, 0.15) is 14.9 Å². The molecule has 148 valence electrons. The van der Waals surface area contributed by atoms with Crippen LogP contribution in [0.15, 0.2) is 63.0 Å². The molecule has 0 bridgehead atoms. The van der Waals surface area contributed by atoms with Crippen LogP contribution < -0.4 is 9.44 Å². The summed E-state index contributed by atoms with van der Waals surface area (Å²) in [5, 5.41) is 1.55. The summed E-state index contributed by atoms with van der Waals surface area (Å²) < 4.78 is 68.4. The van der Waals surface area contributed by atoms with Crippen molar-refractivity contribution in [3.05, 3.63) is 69.8 Å². The van der Waals surface area contributed by atoms with Gasteiger partial charge in [0.05, 0.1) is 21.4 Å². The Morgan fingerprint density at radius 2 is 1.39 bits per heavy atom. The first-order valence-corrected chi connectivity index (χ1v) is 12.0. The molecule has 1 aromatic heterocycles. The van der Waals surface area contributed by atoms with Crippen molar-refractivity contribution >= 4 is 66.0 Å². The van der Waals surface area contributed by atoms with E-state index in [9.17, 15) is 21.2 Å². The molecule has 0 aliphatic carbocycles. The molecule has 2 aromatic carbocycles. The first kappa shape index (κ1) is 20.9. The minimum atomic E-state index is -4.36. The Morgan fingerprint density at radius 1 is 0.821 bits per heavy atom. The average molecular weight is 481 g/mol. The molecule has 3 aromatic rings. The molecule has 0 atom stereocenters. The van der Waals surface area contributed by atoms with E-state index >= 15 is 0 Å². The van der Waals surface area contributed by atoms with E-state index in [4.69, 9.17) is 23.2 Å². The highest BCUT2D eigenvalue weighted by atomic mass is 35.5. The Morgan fingerprint density at radius 3 is 1.93 bits per heavy atom. The Balaban J connectivity index is 2.04. The average Bonchev–Trinajstić information content (AvgIpc) is 3.15. The molecule has 2 N–H and O–H groups in total. The van der Waals surface area contributed by atoms with E-state index in [1.54, 1.807) is 11.4 Å². The van der Waals surface area contributed by atoms with Crippen molar-refractivity contribution in [2.75, 3.05) is 9.44 Å². The van der Waals surface area contributed by atoms with Gasteiger partial charge in [-0.05, 0) is 35.7 Å². The number of anilines is 2. The normalized spacial score (nSPS) is 12.0. The van der Waals surface area contributed by atoms with Crippen molar-refractivity contribution in [1.82, 2.24) is 0 Å². The predicted molar refractivity (Wildman–Crippen MR) is 109 cm³/mol. The molecular formula is C16H11Cl2FN2O4S3. The third-order valence-corrected chi connectivity index (χ3v) is 8.32. The van der Waals surface area contributed by atoms with Crippen LogP contribution >= 0.6 is 34.5 Å². The summed E-state index contributed by atoms with van der Waals surface area (Å²) in [5.74, 6) is -0.962. The van der Waals surface area contributed by atoms with Crippen LogP contribution in [0.2, 0.25) is 10.0 Å². The highest BCUT2D eigenvalue weighted by molar-refractivity contribution is 7.94. The van der Waals surface area contributed by atoms with Gasteiger partial charge in [-0.15, -0.1) is 11.3 Å². The van der Waals surface area contributed by atoms with Gasteiger partial charge in [0.2, 0.25) is 0 Å². The van der Waals surface area contributed by atoms with Crippen molar-refractivity contribution in [1.29, 1.82) is 0 Å². The molecule has 6 nitrogen and oxygen atoms in total. The number of hydrogen-bond donors (Lipinski definition) is 2. The molecule has 0 aliphatic rings. The maximum atomic E-state index is 13.9. The van der Waals surface area contributed by atoms with E-state index in [1.165, 1.54) is 18.2 Å². The number of benzene rings is 2. The monoisotopic (exact) mass is 480 g/mol. The van der Waals surface area contributed by atoms with E-state index in [2.05, 4.69) is 9.44 Å². The Kier molecular flexibility index (Phi) is 5.87. The minimum absolute atomic E-state index is 0.000569. The third-order valence-electron chi connectivity index (χ3n) is 3.44. The number of sulfonamides is 2. The molecule has 0 unspecified atom stereocenters. The quantitative estimate of drug-likeness (QED) is 0.529. The fourth-order valence-corrected chi connectivity index (χ4v) is 5.73. The van der Waals surface area contributed by atoms with Gasteiger partial charge in [-0.3, -0.25) is 9.44 Å². The fourth-order valence-electron chi connectivity index (χ4n) is 2.19. The lowest BCUT2D eigenvalue weighted by Gasteiger charge is -2.15. The summed E-state index contributed by atoms with van der Waals surface area (Å²) in [4.78, 5) is -0.604. The molecule has 0 spiro atoms. The topological polar surface area (TPSA) is 92.3 Å². The first-order chi connectivity index (χ1) is 13.1. The molecule has 0 fully saturated rings. The summed E-state index contributed by atoms with van der Waals surface area (Å²) >= 11 is 12.9. The minimum Gasteiger partial charge on any atom is -0.277 e. The van der Waals surface area contributed by atoms with Crippen LogP contribution in [0, 0.1) is 5.82 Å². The summed E-state index contributed by atoms with van der Waals surface area (Å²) in [5.41, 5.74) is -0.375. The fraction of sp³-hybridized carbons (Fsp3) is 0. The molecule has 0 saturated heterocycles. The summed E-state index contributed by atoms with van der Waals surface area (Å²) in [6.45, 7) is 0. The van der Waals surface area contributed by atoms with Gasteiger partial charge in [-0.2, -0.15) is 0 Å². The standard InChI is InChI=1S/C16H11Cl2FN2O4S3/c17-10-8-13(20-27(22,23)15-5-2-1-4-12(15)19)14(9-11(10)18)21-28(24,25)16-6-3-7-26-16/h1-9,20-21H. The summed E-state index contributed by atoms with van der Waals surface area (Å²) in [6.07, 6.45) is 0. The zero-order chi connectivity index (χ0) is 20.5. The van der Waals surface area contributed by atoms with Crippen LogP contribution in [0.5, 0.6) is 0 Å². The molecule has 0 saturated carbocycles. The summed E-state index contributed by atoms with van der Waals surface area (Å²) in [6, 6.07) is 9.99. The SMILES string of the molecule is O=S(=O)(Nc1cc(Cl)c(Cl)cc1NS(=O)(=O)c1ccccc1F)c1cccs1. The number of halogens is 3. The highest BCUT2D eigenvalue weighted by Gasteiger charge is 2.23. The van der Waals surface area contributed by atoms with Gasteiger partial charge in [-0.25, -0.2) is 21.2 Å². The van der Waals surface area contributed by atoms with E-state index in [1.807, 2.05) is 0 Å².